The molecule has 0 bridgehead atoms. The van der Waals surface area contributed by atoms with E-state index in [2.05, 4.69) is 17.6 Å². The standard InChI is InChI=1S/C32H35N3O4S/c1-22-11-9-10-16-26(22)35-31(37)29(40-32(35)34-25-14-7-4-8-15-25)20-23-17-18-27(28(19-23)38-2)39-21-30(36)33-24-12-5-3-6-13-24/h3-8,12-15,17-20,22,26,32,34H,9-11,16,21H2,1-2H3,(H,33,36)/b29-20-/t22-,26-,32?/m0/s1. The predicted molar refractivity (Wildman–Crippen MR) is 161 cm³/mol. The number of carbonyl (C=O) groups excluding carboxylic acids is 2. The Kier molecular flexibility index (Phi) is 8.96. The normalized spacial score (nSPS) is 21.8. The summed E-state index contributed by atoms with van der Waals surface area (Å²) in [5.74, 6) is 1.19. The Hall–Kier alpha value is -3.91. The van der Waals surface area contributed by atoms with Gasteiger partial charge >= 0.3 is 0 Å². The second-order valence-electron chi connectivity index (χ2n) is 10.1. The highest BCUT2D eigenvalue weighted by atomic mass is 32.2. The zero-order valence-corrected chi connectivity index (χ0v) is 23.7. The molecule has 1 heterocycles. The number of amides is 2. The van der Waals surface area contributed by atoms with Gasteiger partial charge in [0.05, 0.1) is 12.0 Å². The molecule has 0 radical (unpaired) electrons. The molecule has 7 nitrogen and oxygen atoms in total. The van der Waals surface area contributed by atoms with Gasteiger partial charge in [0.25, 0.3) is 11.8 Å². The highest BCUT2D eigenvalue weighted by molar-refractivity contribution is 8.05. The van der Waals surface area contributed by atoms with Gasteiger partial charge < -0.3 is 25.0 Å². The van der Waals surface area contributed by atoms with E-state index in [1.807, 2.05) is 83.8 Å². The summed E-state index contributed by atoms with van der Waals surface area (Å²) in [6.07, 6.45) is 6.43. The molecule has 1 saturated carbocycles. The average Bonchev–Trinajstić information content (AvgIpc) is 3.27. The molecule has 3 atom stereocenters. The molecule has 8 heteroatoms. The fourth-order valence-corrected chi connectivity index (χ4v) is 6.49. The van der Waals surface area contributed by atoms with Gasteiger partial charge in [-0.3, -0.25) is 9.59 Å². The molecule has 3 aromatic carbocycles. The van der Waals surface area contributed by atoms with Crippen molar-refractivity contribution in [3.05, 3.63) is 89.3 Å². The van der Waals surface area contributed by atoms with Gasteiger partial charge in [-0.25, -0.2) is 0 Å². The van der Waals surface area contributed by atoms with Gasteiger partial charge in [0.2, 0.25) is 0 Å². The minimum absolute atomic E-state index is 0.0501. The highest BCUT2D eigenvalue weighted by Gasteiger charge is 2.42. The van der Waals surface area contributed by atoms with Crippen LogP contribution in [0.5, 0.6) is 11.5 Å². The Morgan fingerprint density at radius 3 is 2.38 bits per heavy atom. The molecule has 5 rings (SSSR count). The maximum Gasteiger partial charge on any atom is 0.262 e. The van der Waals surface area contributed by atoms with E-state index in [9.17, 15) is 9.59 Å². The molecule has 2 fully saturated rings. The minimum Gasteiger partial charge on any atom is -0.493 e. The van der Waals surface area contributed by atoms with Crippen LogP contribution in [0.25, 0.3) is 6.08 Å². The summed E-state index contributed by atoms with van der Waals surface area (Å²) in [7, 11) is 1.56. The quantitative estimate of drug-likeness (QED) is 0.289. The summed E-state index contributed by atoms with van der Waals surface area (Å²) in [6, 6.07) is 24.9. The van der Waals surface area contributed by atoms with Crippen LogP contribution in [-0.4, -0.2) is 42.0 Å². The van der Waals surface area contributed by atoms with Crippen LogP contribution in [-0.2, 0) is 9.59 Å². The molecule has 2 N–H and O–H groups in total. The second-order valence-corrected chi connectivity index (χ2v) is 11.3. The lowest BCUT2D eigenvalue weighted by molar-refractivity contribution is -0.129. The van der Waals surface area contributed by atoms with Crippen LogP contribution in [0.1, 0.15) is 38.2 Å². The number of anilines is 2. The lowest BCUT2D eigenvalue weighted by Crippen LogP contribution is -2.48. The number of methoxy groups -OCH3 is 1. The van der Waals surface area contributed by atoms with E-state index in [-0.39, 0.29) is 30.0 Å². The van der Waals surface area contributed by atoms with Crippen molar-refractivity contribution in [3.8, 4) is 11.5 Å². The molecule has 0 aromatic heterocycles. The van der Waals surface area contributed by atoms with Crippen molar-refractivity contribution in [2.24, 2.45) is 5.92 Å². The van der Waals surface area contributed by atoms with E-state index in [0.29, 0.717) is 28.0 Å². The van der Waals surface area contributed by atoms with E-state index >= 15 is 0 Å². The lowest BCUT2D eigenvalue weighted by atomic mass is 9.85. The van der Waals surface area contributed by atoms with Crippen molar-refractivity contribution in [3.63, 3.8) is 0 Å². The number of ether oxygens (including phenoxy) is 2. The van der Waals surface area contributed by atoms with Crippen LogP contribution in [0.2, 0.25) is 0 Å². The molecule has 3 aromatic rings. The van der Waals surface area contributed by atoms with E-state index in [4.69, 9.17) is 9.47 Å². The van der Waals surface area contributed by atoms with Crippen LogP contribution >= 0.6 is 11.8 Å². The van der Waals surface area contributed by atoms with Crippen LogP contribution < -0.4 is 20.1 Å². The van der Waals surface area contributed by atoms with E-state index in [1.165, 1.54) is 6.42 Å². The Balaban J connectivity index is 1.32. The number of hydrogen-bond donors (Lipinski definition) is 2. The van der Waals surface area contributed by atoms with Crippen molar-refractivity contribution in [2.75, 3.05) is 24.4 Å². The average molecular weight is 558 g/mol. The van der Waals surface area contributed by atoms with Gasteiger partial charge in [-0.15, -0.1) is 0 Å². The van der Waals surface area contributed by atoms with Crippen molar-refractivity contribution in [1.82, 2.24) is 4.90 Å². The molecular formula is C32H35N3O4S. The third-order valence-electron chi connectivity index (χ3n) is 7.33. The molecule has 40 heavy (non-hydrogen) atoms. The van der Waals surface area contributed by atoms with Gasteiger partial charge in [-0.05, 0) is 66.8 Å². The first-order valence-electron chi connectivity index (χ1n) is 13.7. The number of nitrogens with one attached hydrogen (secondary N) is 2. The van der Waals surface area contributed by atoms with E-state index < -0.39 is 0 Å². The molecule has 2 aliphatic rings. The summed E-state index contributed by atoms with van der Waals surface area (Å²) in [4.78, 5) is 28.9. The Labute approximate surface area is 239 Å². The third kappa shape index (κ3) is 6.62. The van der Waals surface area contributed by atoms with Crippen LogP contribution in [0, 0.1) is 5.92 Å². The van der Waals surface area contributed by atoms with Crippen molar-refractivity contribution < 1.29 is 19.1 Å². The lowest BCUT2D eigenvalue weighted by Gasteiger charge is -2.39. The summed E-state index contributed by atoms with van der Waals surface area (Å²) in [5, 5.41) is 6.38. The van der Waals surface area contributed by atoms with Gasteiger partial charge in [-0.2, -0.15) is 0 Å². The van der Waals surface area contributed by atoms with Crippen LogP contribution in [0.15, 0.2) is 83.8 Å². The van der Waals surface area contributed by atoms with Crippen molar-refractivity contribution in [2.45, 2.75) is 44.1 Å². The maximum absolute atomic E-state index is 13.8. The number of thioether (sulfide) groups is 1. The minimum atomic E-state index is -0.263. The summed E-state index contributed by atoms with van der Waals surface area (Å²) < 4.78 is 11.3. The SMILES string of the molecule is COc1cc(/C=C2\SC(Nc3ccccc3)N([C@H]3CCCC[C@@H]3C)C2=O)ccc1OCC(=O)Nc1ccccc1. The fraction of sp³-hybridized carbons (Fsp3) is 0.312. The number of carbonyl (C=O) groups is 2. The van der Waals surface area contributed by atoms with Gasteiger partial charge in [0, 0.05) is 17.4 Å². The molecule has 0 spiro atoms. The molecule has 1 aliphatic heterocycles. The first-order valence-corrected chi connectivity index (χ1v) is 14.6. The number of benzene rings is 3. The van der Waals surface area contributed by atoms with Gasteiger partial charge in [-0.1, -0.05) is 74.0 Å². The first-order chi connectivity index (χ1) is 19.5. The molecule has 2 amide bonds. The number of nitrogens with zero attached hydrogens (tertiary/aromatic N) is 1. The number of para-hydroxylation sites is 2. The summed E-state index contributed by atoms with van der Waals surface area (Å²) in [5.41, 5.74) is 2.34. The number of hydrogen-bond acceptors (Lipinski definition) is 6. The smallest absolute Gasteiger partial charge is 0.262 e. The van der Waals surface area contributed by atoms with E-state index in [0.717, 1.165) is 30.5 Å². The van der Waals surface area contributed by atoms with Crippen molar-refractivity contribution >= 4 is 41.0 Å². The molecule has 208 valence electrons. The third-order valence-corrected chi connectivity index (χ3v) is 8.44. The monoisotopic (exact) mass is 557 g/mol. The zero-order chi connectivity index (χ0) is 27.9. The molecule has 1 unspecified atom stereocenters. The maximum atomic E-state index is 13.8. The molecular weight excluding hydrogens is 522 g/mol. The van der Waals surface area contributed by atoms with Gasteiger partial charge in [0.15, 0.2) is 23.6 Å². The topological polar surface area (TPSA) is 79.9 Å². The Morgan fingerprint density at radius 1 is 0.975 bits per heavy atom. The second kappa shape index (κ2) is 13.0. The summed E-state index contributed by atoms with van der Waals surface area (Å²) in [6.45, 7) is 2.11. The van der Waals surface area contributed by atoms with Crippen LogP contribution in [0.4, 0.5) is 11.4 Å². The van der Waals surface area contributed by atoms with E-state index in [1.54, 1.807) is 24.9 Å². The first kappa shape index (κ1) is 27.6. The van der Waals surface area contributed by atoms with Gasteiger partial charge in [0.1, 0.15) is 0 Å². The number of rotatable bonds is 9. The Bertz CT molecular complexity index is 1350. The molecule has 1 aliphatic carbocycles. The Morgan fingerprint density at radius 2 is 1.68 bits per heavy atom. The van der Waals surface area contributed by atoms with Crippen molar-refractivity contribution in [1.29, 1.82) is 0 Å². The predicted octanol–water partition coefficient (Wildman–Crippen LogP) is 6.60. The fourth-order valence-electron chi connectivity index (χ4n) is 5.27. The highest BCUT2D eigenvalue weighted by Crippen LogP contribution is 2.42. The van der Waals surface area contributed by atoms with Crippen LogP contribution in [0.3, 0.4) is 0 Å². The molecule has 1 saturated heterocycles. The largest absolute Gasteiger partial charge is 0.493 e. The summed E-state index contributed by atoms with van der Waals surface area (Å²) >= 11 is 1.55. The zero-order valence-electron chi connectivity index (χ0n) is 22.8.